The third-order valence-corrected chi connectivity index (χ3v) is 5.88. The lowest BCUT2D eigenvalue weighted by atomic mass is 9.80. The van der Waals surface area contributed by atoms with Crippen LogP contribution in [0.15, 0.2) is 23.1 Å². The molecule has 5 heteroatoms. The molecule has 3 N–H and O–H groups in total. The third kappa shape index (κ3) is 3.33. The zero-order valence-electron chi connectivity index (χ0n) is 12.4. The summed E-state index contributed by atoms with van der Waals surface area (Å²) in [4.78, 5) is 0.331. The summed E-state index contributed by atoms with van der Waals surface area (Å²) in [7, 11) is -3.46. The van der Waals surface area contributed by atoms with Gasteiger partial charge < -0.3 is 5.73 Å². The van der Waals surface area contributed by atoms with Crippen LogP contribution in [-0.2, 0) is 10.0 Å². The number of nitrogens with one attached hydrogen (secondary N) is 1. The summed E-state index contributed by atoms with van der Waals surface area (Å²) in [6.45, 7) is 6.13. The van der Waals surface area contributed by atoms with Crippen molar-refractivity contribution in [3.63, 3.8) is 0 Å². The molecule has 0 spiro atoms. The topological polar surface area (TPSA) is 72.2 Å². The molecule has 20 heavy (non-hydrogen) atoms. The molecule has 1 saturated carbocycles. The summed E-state index contributed by atoms with van der Waals surface area (Å²) in [6, 6.07) is 4.95. The van der Waals surface area contributed by atoms with Gasteiger partial charge in [0.2, 0.25) is 10.0 Å². The Labute approximate surface area is 121 Å². The molecule has 3 unspecified atom stereocenters. The van der Waals surface area contributed by atoms with Crippen LogP contribution in [0.5, 0.6) is 0 Å². The highest BCUT2D eigenvalue weighted by molar-refractivity contribution is 7.89. The van der Waals surface area contributed by atoms with E-state index in [-0.39, 0.29) is 6.04 Å². The fraction of sp³-hybridized carbons (Fsp3) is 0.600. The third-order valence-electron chi connectivity index (χ3n) is 4.23. The van der Waals surface area contributed by atoms with Gasteiger partial charge in [-0.1, -0.05) is 13.8 Å². The van der Waals surface area contributed by atoms with E-state index in [4.69, 9.17) is 5.73 Å². The van der Waals surface area contributed by atoms with E-state index < -0.39 is 10.0 Å². The van der Waals surface area contributed by atoms with E-state index in [9.17, 15) is 8.42 Å². The van der Waals surface area contributed by atoms with E-state index in [1.54, 1.807) is 25.1 Å². The Balaban J connectivity index is 2.19. The van der Waals surface area contributed by atoms with Gasteiger partial charge in [0.25, 0.3) is 0 Å². The van der Waals surface area contributed by atoms with Crippen molar-refractivity contribution in [2.45, 2.75) is 51.0 Å². The summed E-state index contributed by atoms with van der Waals surface area (Å²) in [5.74, 6) is 1.06. The molecule has 4 nitrogen and oxygen atoms in total. The Morgan fingerprint density at radius 1 is 1.25 bits per heavy atom. The molecular weight excluding hydrogens is 272 g/mol. The highest BCUT2D eigenvalue weighted by Crippen LogP contribution is 2.30. The van der Waals surface area contributed by atoms with Crippen LogP contribution in [0.25, 0.3) is 0 Å². The molecule has 0 aliphatic heterocycles. The smallest absolute Gasteiger partial charge is 0.241 e. The van der Waals surface area contributed by atoms with Gasteiger partial charge in [0, 0.05) is 11.7 Å². The largest absolute Gasteiger partial charge is 0.399 e. The van der Waals surface area contributed by atoms with Crippen LogP contribution >= 0.6 is 0 Å². The highest BCUT2D eigenvalue weighted by Gasteiger charge is 2.29. The van der Waals surface area contributed by atoms with Crippen LogP contribution in [0.1, 0.15) is 38.7 Å². The Bertz CT molecular complexity index is 584. The van der Waals surface area contributed by atoms with Gasteiger partial charge in [0.1, 0.15) is 0 Å². The van der Waals surface area contributed by atoms with Crippen molar-refractivity contribution in [2.24, 2.45) is 11.8 Å². The van der Waals surface area contributed by atoms with Crippen LogP contribution < -0.4 is 10.5 Å². The van der Waals surface area contributed by atoms with Gasteiger partial charge in [-0.15, -0.1) is 0 Å². The van der Waals surface area contributed by atoms with Crippen molar-refractivity contribution in [3.05, 3.63) is 23.8 Å². The summed E-state index contributed by atoms with van der Waals surface area (Å²) in [5, 5.41) is 0. The number of nitrogens with two attached hydrogens (primary N) is 1. The first-order chi connectivity index (χ1) is 9.29. The zero-order valence-corrected chi connectivity index (χ0v) is 13.2. The number of hydrogen-bond acceptors (Lipinski definition) is 3. The van der Waals surface area contributed by atoms with Crippen molar-refractivity contribution < 1.29 is 8.42 Å². The second kappa shape index (κ2) is 5.74. The summed E-state index contributed by atoms with van der Waals surface area (Å²) < 4.78 is 27.9. The van der Waals surface area contributed by atoms with Crippen molar-refractivity contribution in [1.29, 1.82) is 0 Å². The Morgan fingerprint density at radius 3 is 2.55 bits per heavy atom. The maximum atomic E-state index is 12.5. The fourth-order valence-corrected chi connectivity index (χ4v) is 4.68. The SMILES string of the molecule is Cc1cc(N)ccc1S(=O)(=O)NC1CCC(C)CC1C. The monoisotopic (exact) mass is 296 g/mol. The Hall–Kier alpha value is -1.07. The Kier molecular flexibility index (Phi) is 4.39. The average Bonchev–Trinajstić information content (AvgIpc) is 2.32. The molecule has 1 aromatic rings. The quantitative estimate of drug-likeness (QED) is 0.842. The maximum absolute atomic E-state index is 12.5. The van der Waals surface area contributed by atoms with Crippen LogP contribution in [0, 0.1) is 18.8 Å². The predicted octanol–water partition coefficient (Wildman–Crippen LogP) is 2.68. The van der Waals surface area contributed by atoms with E-state index >= 15 is 0 Å². The molecular formula is C15H24N2O2S. The molecule has 0 saturated heterocycles. The van der Waals surface area contributed by atoms with E-state index in [1.807, 2.05) is 0 Å². The molecule has 2 rings (SSSR count). The number of benzene rings is 1. The van der Waals surface area contributed by atoms with Crippen LogP contribution in [0.2, 0.25) is 0 Å². The van der Waals surface area contributed by atoms with Gasteiger partial charge >= 0.3 is 0 Å². The fourth-order valence-electron chi connectivity index (χ4n) is 3.08. The number of anilines is 1. The second-order valence-corrected chi connectivity index (χ2v) is 7.83. The van der Waals surface area contributed by atoms with Gasteiger partial charge in [0.15, 0.2) is 0 Å². The summed E-state index contributed by atoms with van der Waals surface area (Å²) in [6.07, 6.45) is 3.07. The molecule has 1 fully saturated rings. The van der Waals surface area contributed by atoms with E-state index in [1.165, 1.54) is 0 Å². The lowest BCUT2D eigenvalue weighted by Gasteiger charge is -2.33. The number of nitrogen functional groups attached to an aromatic ring is 1. The van der Waals surface area contributed by atoms with E-state index in [0.29, 0.717) is 28.0 Å². The predicted molar refractivity (Wildman–Crippen MR) is 81.9 cm³/mol. The summed E-state index contributed by atoms with van der Waals surface area (Å²) in [5.41, 5.74) is 6.95. The first-order valence-electron chi connectivity index (χ1n) is 7.18. The molecule has 0 radical (unpaired) electrons. The van der Waals surface area contributed by atoms with Crippen LogP contribution in [0.4, 0.5) is 5.69 Å². The molecule has 0 amide bonds. The number of hydrogen-bond donors (Lipinski definition) is 2. The molecule has 112 valence electrons. The molecule has 0 bridgehead atoms. The first kappa shape index (κ1) is 15.3. The van der Waals surface area contributed by atoms with Gasteiger partial charge in [-0.2, -0.15) is 0 Å². The van der Waals surface area contributed by atoms with Crippen molar-refractivity contribution in [2.75, 3.05) is 5.73 Å². The lowest BCUT2D eigenvalue weighted by molar-refractivity contribution is 0.249. The van der Waals surface area contributed by atoms with E-state index in [0.717, 1.165) is 19.3 Å². The molecule has 0 aromatic heterocycles. The molecule has 3 atom stereocenters. The second-order valence-electron chi connectivity index (χ2n) is 6.15. The zero-order chi connectivity index (χ0) is 14.9. The van der Waals surface area contributed by atoms with Crippen LogP contribution in [-0.4, -0.2) is 14.5 Å². The molecule has 1 aromatic carbocycles. The maximum Gasteiger partial charge on any atom is 0.241 e. The molecule has 1 aliphatic carbocycles. The average molecular weight is 296 g/mol. The van der Waals surface area contributed by atoms with E-state index in [2.05, 4.69) is 18.6 Å². The highest BCUT2D eigenvalue weighted by atomic mass is 32.2. The number of rotatable bonds is 3. The minimum Gasteiger partial charge on any atom is -0.399 e. The minimum atomic E-state index is -3.46. The minimum absolute atomic E-state index is 0.0353. The van der Waals surface area contributed by atoms with Gasteiger partial charge in [-0.25, -0.2) is 13.1 Å². The standard InChI is InChI=1S/C15H24N2O2S/c1-10-4-6-14(11(2)8-10)17-20(18,19)15-7-5-13(16)9-12(15)3/h5,7,9-11,14,17H,4,6,8,16H2,1-3H3. The van der Waals surface area contributed by atoms with Crippen molar-refractivity contribution in [3.8, 4) is 0 Å². The van der Waals surface area contributed by atoms with Gasteiger partial charge in [-0.05, 0) is 61.8 Å². The van der Waals surface area contributed by atoms with Gasteiger partial charge in [0.05, 0.1) is 4.90 Å². The van der Waals surface area contributed by atoms with Crippen molar-refractivity contribution >= 4 is 15.7 Å². The van der Waals surface area contributed by atoms with Crippen molar-refractivity contribution in [1.82, 2.24) is 4.72 Å². The lowest BCUT2D eigenvalue weighted by Crippen LogP contribution is -2.42. The van der Waals surface area contributed by atoms with Gasteiger partial charge in [-0.3, -0.25) is 0 Å². The Morgan fingerprint density at radius 2 is 1.95 bits per heavy atom. The summed E-state index contributed by atoms with van der Waals surface area (Å²) >= 11 is 0. The number of aryl methyl sites for hydroxylation is 1. The molecule has 1 aliphatic rings. The molecule has 0 heterocycles. The number of sulfonamides is 1. The normalized spacial score (nSPS) is 27.4. The first-order valence-corrected chi connectivity index (χ1v) is 8.66. The van der Waals surface area contributed by atoms with Crippen LogP contribution in [0.3, 0.4) is 0 Å².